The standard InChI is InChI=1S/C13H22N2O2.C11H14O.C7H10N2/c1-11(16)12-7-4-5-10-15(12)13(17)8-6-9-14(2)3;1-8-5-4-6-11(7-8)9(2)10(3)12;1-5-4-7(9-8-5)6-2-3-6/h6,8,12H,4-5,7,9-10H2,1-3H3;4-7,9H,1-3H3;4,6H,2-3H2,1H3,(H,8,9)/b8-6+;;. The highest BCUT2D eigenvalue weighted by Gasteiger charge is 2.28. The Labute approximate surface area is 228 Å². The highest BCUT2D eigenvalue weighted by molar-refractivity contribution is 5.93. The van der Waals surface area contributed by atoms with Gasteiger partial charge in [0, 0.05) is 36.7 Å². The van der Waals surface area contributed by atoms with Crippen LogP contribution in [0.2, 0.25) is 0 Å². The van der Waals surface area contributed by atoms with Gasteiger partial charge in [-0.15, -0.1) is 0 Å². The number of nitrogens with zero attached hydrogens (tertiary/aromatic N) is 3. The van der Waals surface area contributed by atoms with Gasteiger partial charge in [-0.05, 0) is 85.5 Å². The van der Waals surface area contributed by atoms with E-state index in [9.17, 15) is 14.4 Å². The largest absolute Gasteiger partial charge is 0.329 e. The van der Waals surface area contributed by atoms with Gasteiger partial charge in [-0.1, -0.05) is 42.8 Å². The zero-order valence-electron chi connectivity index (χ0n) is 24.3. The van der Waals surface area contributed by atoms with Gasteiger partial charge in [-0.2, -0.15) is 5.10 Å². The predicted molar refractivity (Wildman–Crippen MR) is 153 cm³/mol. The minimum atomic E-state index is -0.208. The maximum atomic E-state index is 12.0. The molecule has 1 saturated heterocycles. The molecule has 208 valence electrons. The van der Waals surface area contributed by atoms with E-state index in [1.165, 1.54) is 29.8 Å². The Balaban J connectivity index is 0.000000210. The molecule has 38 heavy (non-hydrogen) atoms. The van der Waals surface area contributed by atoms with Gasteiger partial charge in [0.05, 0.1) is 11.7 Å². The second kappa shape index (κ2) is 15.4. The number of benzene rings is 1. The number of aryl methyl sites for hydroxylation is 2. The summed E-state index contributed by atoms with van der Waals surface area (Å²) in [7, 11) is 3.90. The van der Waals surface area contributed by atoms with Crippen LogP contribution in [0.5, 0.6) is 0 Å². The first-order valence-electron chi connectivity index (χ1n) is 13.7. The van der Waals surface area contributed by atoms with E-state index in [2.05, 4.69) is 22.3 Å². The third kappa shape index (κ3) is 10.7. The van der Waals surface area contributed by atoms with Crippen LogP contribution in [0, 0.1) is 13.8 Å². The second-order valence-corrected chi connectivity index (χ2v) is 10.8. The van der Waals surface area contributed by atoms with Crippen molar-refractivity contribution in [3.8, 4) is 0 Å². The number of hydrogen-bond acceptors (Lipinski definition) is 5. The van der Waals surface area contributed by atoms with E-state index in [4.69, 9.17) is 0 Å². The first-order chi connectivity index (χ1) is 18.0. The number of piperidine rings is 1. The number of amides is 1. The number of aromatic amines is 1. The van der Waals surface area contributed by atoms with Gasteiger partial charge in [-0.25, -0.2) is 0 Å². The summed E-state index contributed by atoms with van der Waals surface area (Å²) in [5.41, 5.74) is 4.76. The summed E-state index contributed by atoms with van der Waals surface area (Å²) in [5.74, 6) is 1.10. The van der Waals surface area contributed by atoms with Crippen LogP contribution in [0.15, 0.2) is 42.5 Å². The van der Waals surface area contributed by atoms with Crippen molar-refractivity contribution in [2.75, 3.05) is 27.2 Å². The van der Waals surface area contributed by atoms with Crippen molar-refractivity contribution in [2.45, 2.75) is 84.6 Å². The molecule has 1 aliphatic carbocycles. The molecule has 0 spiro atoms. The van der Waals surface area contributed by atoms with Crippen molar-refractivity contribution in [1.82, 2.24) is 20.0 Å². The third-order valence-corrected chi connectivity index (χ3v) is 6.86. The number of carbonyl (C=O) groups is 3. The fraction of sp³-hybridized carbons (Fsp3) is 0.548. The minimum absolute atomic E-state index is 0.0323. The number of Topliss-reactive ketones (excluding diaryl/α,β-unsaturated/α-hetero) is 2. The molecule has 4 rings (SSSR count). The summed E-state index contributed by atoms with van der Waals surface area (Å²) in [6, 6.07) is 10.0. The third-order valence-electron chi connectivity index (χ3n) is 6.86. The van der Waals surface area contributed by atoms with Crippen molar-refractivity contribution in [3.63, 3.8) is 0 Å². The van der Waals surface area contributed by atoms with Crippen molar-refractivity contribution < 1.29 is 14.4 Å². The minimum Gasteiger partial charge on any atom is -0.329 e. The molecule has 1 amide bonds. The molecule has 0 radical (unpaired) electrons. The van der Waals surface area contributed by atoms with E-state index in [1.54, 1.807) is 24.8 Å². The van der Waals surface area contributed by atoms with Gasteiger partial charge in [0.15, 0.2) is 5.78 Å². The van der Waals surface area contributed by atoms with E-state index >= 15 is 0 Å². The summed E-state index contributed by atoms with van der Waals surface area (Å²) in [5, 5.41) is 7.09. The smallest absolute Gasteiger partial charge is 0.246 e. The van der Waals surface area contributed by atoms with Gasteiger partial charge >= 0.3 is 0 Å². The number of carbonyl (C=O) groups excluding carboxylic acids is 3. The van der Waals surface area contributed by atoms with Crippen molar-refractivity contribution >= 4 is 17.5 Å². The Morgan fingerprint density at radius 2 is 1.82 bits per heavy atom. The SMILES string of the molecule is CC(=O)C(C)c1cccc(C)c1.CC(=O)C1CCCCN1C(=O)/C=C/CN(C)C.Cc1cc(C2CC2)n[nH]1. The molecular formula is C31H46N4O3. The molecule has 7 nitrogen and oxygen atoms in total. The van der Waals surface area contributed by atoms with E-state index in [-0.39, 0.29) is 29.4 Å². The van der Waals surface area contributed by atoms with Gasteiger partial charge in [0.2, 0.25) is 5.91 Å². The Morgan fingerprint density at radius 3 is 2.34 bits per heavy atom. The first kappa shape index (κ1) is 31.2. The number of nitrogens with one attached hydrogen (secondary N) is 1. The quantitative estimate of drug-likeness (QED) is 0.495. The molecule has 1 aromatic heterocycles. The molecular weight excluding hydrogens is 476 g/mol. The van der Waals surface area contributed by atoms with Crippen LogP contribution in [-0.4, -0.2) is 70.7 Å². The summed E-state index contributed by atoms with van der Waals surface area (Å²) < 4.78 is 0. The number of H-pyrrole nitrogens is 1. The molecule has 0 bridgehead atoms. The van der Waals surface area contributed by atoms with Gasteiger partial charge in [0.25, 0.3) is 0 Å². The molecule has 1 N–H and O–H groups in total. The topological polar surface area (TPSA) is 86.4 Å². The van der Waals surface area contributed by atoms with Crippen LogP contribution >= 0.6 is 0 Å². The number of likely N-dealkylation sites (N-methyl/N-ethyl adjacent to an activating group) is 1. The molecule has 2 fully saturated rings. The van der Waals surface area contributed by atoms with Crippen LogP contribution in [-0.2, 0) is 14.4 Å². The lowest BCUT2D eigenvalue weighted by molar-refractivity contribution is -0.136. The Kier molecular flexibility index (Phi) is 12.6. The number of ketones is 2. The van der Waals surface area contributed by atoms with Crippen molar-refractivity contribution in [1.29, 1.82) is 0 Å². The van der Waals surface area contributed by atoms with E-state index < -0.39 is 0 Å². The number of hydrogen-bond donors (Lipinski definition) is 1. The monoisotopic (exact) mass is 522 g/mol. The lowest BCUT2D eigenvalue weighted by atomic mass is 9.96. The Bertz CT molecular complexity index is 1080. The Hall–Kier alpha value is -3.06. The molecule has 2 unspecified atom stereocenters. The maximum Gasteiger partial charge on any atom is 0.246 e. The highest BCUT2D eigenvalue weighted by atomic mass is 16.2. The summed E-state index contributed by atoms with van der Waals surface area (Å²) >= 11 is 0. The van der Waals surface area contributed by atoms with E-state index in [1.807, 2.05) is 64.0 Å². The molecule has 2 atom stereocenters. The molecule has 2 aliphatic rings. The molecule has 2 aromatic rings. The van der Waals surface area contributed by atoms with Crippen LogP contribution in [0.3, 0.4) is 0 Å². The van der Waals surface area contributed by atoms with Crippen LogP contribution in [0.25, 0.3) is 0 Å². The molecule has 7 heteroatoms. The number of rotatable bonds is 7. The normalized spacial score (nSPS) is 17.8. The van der Waals surface area contributed by atoms with Gasteiger partial charge in [-0.3, -0.25) is 19.5 Å². The second-order valence-electron chi connectivity index (χ2n) is 10.8. The Morgan fingerprint density at radius 1 is 1.11 bits per heavy atom. The molecule has 1 aromatic carbocycles. The van der Waals surface area contributed by atoms with Crippen LogP contribution in [0.4, 0.5) is 0 Å². The van der Waals surface area contributed by atoms with E-state index in [0.717, 1.165) is 37.3 Å². The van der Waals surface area contributed by atoms with Gasteiger partial charge in [0.1, 0.15) is 5.78 Å². The van der Waals surface area contributed by atoms with Crippen molar-refractivity contribution in [3.05, 3.63) is 65.0 Å². The zero-order chi connectivity index (χ0) is 28.2. The highest BCUT2D eigenvalue weighted by Crippen LogP contribution is 2.38. The summed E-state index contributed by atoms with van der Waals surface area (Å²) in [4.78, 5) is 38.2. The average Bonchev–Trinajstić information content (AvgIpc) is 3.64. The van der Waals surface area contributed by atoms with E-state index in [0.29, 0.717) is 6.54 Å². The first-order valence-corrected chi connectivity index (χ1v) is 13.7. The average molecular weight is 523 g/mol. The van der Waals surface area contributed by atoms with Crippen LogP contribution in [0.1, 0.15) is 87.2 Å². The lowest BCUT2D eigenvalue weighted by Crippen LogP contribution is -2.46. The summed E-state index contributed by atoms with van der Waals surface area (Å²) in [6.07, 6.45) is 8.94. The fourth-order valence-electron chi connectivity index (χ4n) is 4.28. The zero-order valence-corrected chi connectivity index (χ0v) is 24.3. The maximum absolute atomic E-state index is 12.0. The number of likely N-dealkylation sites (tertiary alicyclic amines) is 1. The summed E-state index contributed by atoms with van der Waals surface area (Å²) in [6.45, 7) is 10.7. The number of aromatic nitrogens is 2. The molecule has 1 aliphatic heterocycles. The van der Waals surface area contributed by atoms with Gasteiger partial charge < -0.3 is 9.80 Å². The molecule has 2 heterocycles. The molecule has 1 saturated carbocycles. The van der Waals surface area contributed by atoms with Crippen LogP contribution < -0.4 is 0 Å². The lowest BCUT2D eigenvalue weighted by Gasteiger charge is -2.33. The van der Waals surface area contributed by atoms with Crippen molar-refractivity contribution in [2.24, 2.45) is 0 Å². The predicted octanol–water partition coefficient (Wildman–Crippen LogP) is 5.36. The fourth-order valence-corrected chi connectivity index (χ4v) is 4.28.